The number of benzene rings is 4. The Morgan fingerprint density at radius 3 is 1.98 bits per heavy atom. The Bertz CT molecular complexity index is 2500. The number of likely N-dealkylation sites (tertiary alicyclic amines) is 2. The molecule has 0 radical (unpaired) electrons. The summed E-state index contributed by atoms with van der Waals surface area (Å²) in [5, 5.41) is 0. The van der Waals surface area contributed by atoms with Crippen molar-refractivity contribution in [3.05, 3.63) is 164 Å². The van der Waals surface area contributed by atoms with Crippen molar-refractivity contribution in [2.75, 3.05) is 26.2 Å². The Kier molecular flexibility index (Phi) is 11.4. The van der Waals surface area contributed by atoms with Gasteiger partial charge in [-0.2, -0.15) is 0 Å². The molecule has 2 atom stereocenters. The minimum Gasteiger partial charge on any atom is -0.424 e. The number of rotatable bonds is 9. The number of hydrogen-bond acceptors (Lipinski definition) is 8. The molecule has 10 nitrogen and oxygen atoms in total. The van der Waals surface area contributed by atoms with E-state index < -0.39 is 25.0 Å². The number of carbonyl (C=O) groups excluding carboxylic acids is 2. The van der Waals surface area contributed by atoms with Gasteiger partial charge in [0.2, 0.25) is 5.91 Å². The molecule has 1 aromatic heterocycles. The maximum Gasteiger partial charge on any atom is 0.495 e. The van der Waals surface area contributed by atoms with Crippen LogP contribution >= 0.6 is 0 Å². The van der Waals surface area contributed by atoms with Crippen LogP contribution in [0.15, 0.2) is 112 Å². The number of hydrogen-bond donors (Lipinski definition) is 2. The third-order valence-electron chi connectivity index (χ3n) is 13.0. The first-order chi connectivity index (χ1) is 29.3. The summed E-state index contributed by atoms with van der Waals surface area (Å²) in [7, 11) is -0.709. The molecular weight excluding hydrogens is 751 g/mol. The van der Waals surface area contributed by atoms with Gasteiger partial charge in [-0.05, 0) is 101 Å². The lowest BCUT2D eigenvalue weighted by molar-refractivity contribution is -0.131. The van der Waals surface area contributed by atoms with Crippen molar-refractivity contribution in [2.24, 2.45) is 11.5 Å². The third-order valence-corrected chi connectivity index (χ3v) is 13.0. The summed E-state index contributed by atoms with van der Waals surface area (Å²) in [5.74, 6) is 1.18. The lowest BCUT2D eigenvalue weighted by atomic mass is 9.78. The molecule has 9 rings (SSSR count). The number of nitrogens with two attached hydrogens (primary N) is 2. The first kappa shape index (κ1) is 39.9. The normalized spacial score (nSPS) is 19.4. The number of piperidine rings is 2. The Balaban J connectivity index is 0.844. The maximum atomic E-state index is 13.7. The van der Waals surface area contributed by atoms with Crippen molar-refractivity contribution in [1.82, 2.24) is 9.80 Å². The lowest BCUT2D eigenvalue weighted by Gasteiger charge is -2.32. The standard InChI is InChI=1S/C49H51BN4O6/c1-31-42-14-15-44-47(46(42)58-49(57)43(31)28-45(55)53-20-16-34(17-21-53)36-8-2-6-32(24-36)29-51)60-50(59-44)41-13-5-11-39(27-41)38-10-4-12-40(26-38)48(56)54-22-18-35(19-23-54)37-9-3-7-33(25-37)30-52/h2-15,24-27,34-35,44,47H,16-23,28-30,51-52H2,1H3. The molecule has 0 bridgehead atoms. The van der Waals surface area contributed by atoms with Crippen LogP contribution in [0.2, 0.25) is 0 Å². The summed E-state index contributed by atoms with van der Waals surface area (Å²) >= 11 is 0. The van der Waals surface area contributed by atoms with Gasteiger partial charge in [0.25, 0.3) is 5.91 Å². The molecule has 4 aromatic carbocycles. The third kappa shape index (κ3) is 8.02. The number of fused-ring (bicyclic) bond motifs is 3. The van der Waals surface area contributed by atoms with Gasteiger partial charge in [-0.3, -0.25) is 9.59 Å². The molecule has 60 heavy (non-hydrogen) atoms. The zero-order chi connectivity index (χ0) is 41.3. The largest absolute Gasteiger partial charge is 0.495 e. The summed E-state index contributed by atoms with van der Waals surface area (Å²) < 4.78 is 18.9. The van der Waals surface area contributed by atoms with E-state index in [1.165, 1.54) is 11.1 Å². The Hall–Kier alpha value is -5.59. The average molecular weight is 803 g/mol. The highest BCUT2D eigenvalue weighted by Gasteiger charge is 2.45. The molecule has 3 saturated heterocycles. The lowest BCUT2D eigenvalue weighted by Crippen LogP contribution is -2.39. The summed E-state index contributed by atoms with van der Waals surface area (Å²) in [6.45, 7) is 5.59. The van der Waals surface area contributed by atoms with Crippen LogP contribution in [0.25, 0.3) is 17.2 Å². The molecule has 5 aromatic rings. The molecule has 1 aliphatic carbocycles. The van der Waals surface area contributed by atoms with Gasteiger partial charge < -0.3 is 35.0 Å². The van der Waals surface area contributed by atoms with E-state index in [4.69, 9.17) is 25.2 Å². The molecule has 11 heteroatoms. The van der Waals surface area contributed by atoms with Gasteiger partial charge in [0.1, 0.15) is 11.9 Å². The summed E-state index contributed by atoms with van der Waals surface area (Å²) in [4.78, 5) is 44.6. The molecule has 0 saturated carbocycles. The van der Waals surface area contributed by atoms with Crippen molar-refractivity contribution in [3.8, 4) is 11.1 Å². The fourth-order valence-corrected chi connectivity index (χ4v) is 9.47. The quantitative estimate of drug-likeness (QED) is 0.164. The molecule has 4 heterocycles. The Morgan fingerprint density at radius 1 is 0.733 bits per heavy atom. The van der Waals surface area contributed by atoms with E-state index >= 15 is 0 Å². The Labute approximate surface area is 351 Å². The van der Waals surface area contributed by atoms with E-state index in [-0.39, 0.29) is 18.2 Å². The molecule has 3 aliphatic heterocycles. The van der Waals surface area contributed by atoms with Gasteiger partial charge in [0.05, 0.1) is 18.1 Å². The summed E-state index contributed by atoms with van der Waals surface area (Å²) in [6, 6.07) is 32.6. The number of nitrogens with zero attached hydrogens (tertiary/aromatic N) is 2. The van der Waals surface area contributed by atoms with Gasteiger partial charge in [-0.25, -0.2) is 4.79 Å². The monoisotopic (exact) mass is 802 g/mol. The van der Waals surface area contributed by atoms with Crippen LogP contribution in [0.4, 0.5) is 0 Å². The van der Waals surface area contributed by atoms with E-state index in [1.807, 2.05) is 89.5 Å². The average Bonchev–Trinajstić information content (AvgIpc) is 3.76. The van der Waals surface area contributed by atoms with E-state index in [0.717, 1.165) is 64.5 Å². The van der Waals surface area contributed by atoms with Crippen molar-refractivity contribution in [2.45, 2.75) is 76.2 Å². The van der Waals surface area contributed by atoms with Gasteiger partial charge in [0, 0.05) is 50.4 Å². The van der Waals surface area contributed by atoms with Crippen LogP contribution in [-0.4, -0.2) is 61.0 Å². The molecule has 2 unspecified atom stereocenters. The first-order valence-corrected chi connectivity index (χ1v) is 21.3. The second-order valence-corrected chi connectivity index (χ2v) is 16.6. The van der Waals surface area contributed by atoms with Crippen LogP contribution in [0.5, 0.6) is 0 Å². The van der Waals surface area contributed by atoms with Crippen molar-refractivity contribution in [1.29, 1.82) is 0 Å². The molecule has 3 fully saturated rings. The van der Waals surface area contributed by atoms with Crippen molar-refractivity contribution < 1.29 is 23.3 Å². The highest BCUT2D eigenvalue weighted by atomic mass is 16.7. The Morgan fingerprint density at radius 2 is 1.33 bits per heavy atom. The predicted molar refractivity (Wildman–Crippen MR) is 234 cm³/mol. The van der Waals surface area contributed by atoms with Crippen LogP contribution in [0.3, 0.4) is 0 Å². The van der Waals surface area contributed by atoms with Gasteiger partial charge in [0.15, 0.2) is 0 Å². The van der Waals surface area contributed by atoms with Crippen molar-refractivity contribution in [3.63, 3.8) is 0 Å². The summed E-state index contributed by atoms with van der Waals surface area (Å²) in [6.07, 6.45) is 6.32. The van der Waals surface area contributed by atoms with Crippen LogP contribution in [-0.2, 0) is 33.6 Å². The minimum atomic E-state index is -0.709. The zero-order valence-corrected chi connectivity index (χ0v) is 34.1. The van der Waals surface area contributed by atoms with Gasteiger partial charge in [-0.1, -0.05) is 97.1 Å². The van der Waals surface area contributed by atoms with Gasteiger partial charge >= 0.3 is 12.7 Å². The fourth-order valence-electron chi connectivity index (χ4n) is 9.47. The van der Waals surface area contributed by atoms with E-state index in [1.54, 1.807) is 0 Å². The molecule has 4 aliphatic rings. The highest BCUT2D eigenvalue weighted by Crippen LogP contribution is 2.39. The van der Waals surface area contributed by atoms with E-state index in [9.17, 15) is 14.4 Å². The molecule has 4 N–H and O–H groups in total. The smallest absolute Gasteiger partial charge is 0.424 e. The second-order valence-electron chi connectivity index (χ2n) is 16.6. The maximum absolute atomic E-state index is 13.7. The number of carbonyl (C=O) groups is 2. The molecular formula is C49H51BN4O6. The molecule has 0 spiro atoms. The first-order valence-electron chi connectivity index (χ1n) is 21.3. The second kappa shape index (κ2) is 17.2. The minimum absolute atomic E-state index is 0.0145. The van der Waals surface area contributed by atoms with E-state index in [2.05, 4.69) is 36.4 Å². The van der Waals surface area contributed by atoms with Crippen LogP contribution in [0.1, 0.15) is 98.7 Å². The van der Waals surface area contributed by atoms with Crippen LogP contribution in [0, 0.1) is 6.92 Å². The predicted octanol–water partition coefficient (Wildman–Crippen LogP) is 6.38. The van der Waals surface area contributed by atoms with Gasteiger partial charge in [-0.15, -0.1) is 0 Å². The van der Waals surface area contributed by atoms with Crippen LogP contribution < -0.4 is 22.6 Å². The molecule has 306 valence electrons. The molecule has 2 amide bonds. The highest BCUT2D eigenvalue weighted by molar-refractivity contribution is 6.62. The topological polar surface area (TPSA) is 141 Å². The fraction of sp³-hybridized carbons (Fsp3) is 0.327. The zero-order valence-electron chi connectivity index (χ0n) is 34.1. The summed E-state index contributed by atoms with van der Waals surface area (Å²) in [5.41, 5.74) is 21.2. The number of amides is 2. The van der Waals surface area contributed by atoms with Crippen molar-refractivity contribution >= 4 is 30.5 Å². The van der Waals surface area contributed by atoms with E-state index in [0.29, 0.717) is 68.0 Å². The SMILES string of the molecule is Cc1c2c(oc(=O)c1CC(=O)N1CCC(c3cccc(CN)c3)CC1)C1OB(c3cccc(-c4cccc(C(=O)N5CCC(c6cccc(CN)c6)CC5)c4)c3)OC1C=C2.